The van der Waals surface area contributed by atoms with Crippen molar-refractivity contribution in [1.29, 1.82) is 0 Å². The summed E-state index contributed by atoms with van der Waals surface area (Å²) >= 11 is 5.01. The lowest BCUT2D eigenvalue weighted by Crippen LogP contribution is -1.70. The van der Waals surface area contributed by atoms with Gasteiger partial charge >= 0.3 is 0 Å². The fourth-order valence-corrected chi connectivity index (χ4v) is 0.227. The summed E-state index contributed by atoms with van der Waals surface area (Å²) in [6.45, 7) is 1.87. The van der Waals surface area contributed by atoms with Crippen molar-refractivity contribution < 1.29 is 4.79 Å². The molecule has 0 bridgehead atoms. The highest BCUT2D eigenvalue weighted by Gasteiger charge is 1.92. The predicted octanol–water partition coefficient (Wildman–Crippen LogP) is 1.91. The third-order valence-electron chi connectivity index (χ3n) is 0.615. The van der Waals surface area contributed by atoms with Crippen LogP contribution in [0.1, 0.15) is 6.92 Å². The van der Waals surface area contributed by atoms with E-state index >= 15 is 0 Å². The normalized spacial score (nSPS) is 13.1. The average Bonchev–Trinajstić information content (AvgIpc) is 2.56. The zero-order valence-corrected chi connectivity index (χ0v) is 6.62. The maximum Gasteiger partial charge on any atom is 0.191 e. The molecule has 0 aromatic heterocycles. The number of carbonyl (C=O) groups excluding carboxylic acids is 1. The highest BCUT2D eigenvalue weighted by Crippen LogP contribution is 1.95. The van der Waals surface area contributed by atoms with Gasteiger partial charge in [-0.3, -0.25) is 0 Å². The maximum atomic E-state index is 9.60. The molecular weight excluding hydrogens is 166 g/mol. The molecule has 0 atom stereocenters. The fraction of sp³-hybridized carbons (Fsp3) is 0.167. The third kappa shape index (κ3) is 5.21. The molecule has 0 spiro atoms. The molecule has 58 valence electrons. The Hall–Kier alpha value is -1.25. The van der Waals surface area contributed by atoms with Crippen LogP contribution < -0.4 is 0 Å². The van der Waals surface area contributed by atoms with E-state index in [0.29, 0.717) is 0 Å². The van der Waals surface area contributed by atoms with Crippen molar-refractivity contribution in [1.82, 2.24) is 0 Å². The van der Waals surface area contributed by atoms with Crippen LogP contribution in [-0.4, -0.2) is 12.2 Å². The Morgan fingerprint density at radius 1 is 1.73 bits per heavy atom. The van der Waals surface area contributed by atoms with Crippen LogP contribution in [0.25, 0.3) is 0 Å². The van der Waals surface area contributed by atoms with Crippen molar-refractivity contribution in [3.8, 4) is 0 Å². The molecule has 0 saturated carbocycles. The number of allylic oxidation sites excluding steroid dienone is 2. The Kier molecular flexibility index (Phi) is 6.08. The summed E-state index contributed by atoms with van der Waals surface area (Å²) in [5, 5.41) is 9.65. The van der Waals surface area contributed by atoms with Crippen LogP contribution in [0.2, 0.25) is 0 Å². The van der Waals surface area contributed by atoms with Crippen LogP contribution >= 0.6 is 11.6 Å². The summed E-state index contributed by atoms with van der Waals surface area (Å²) in [6.07, 6.45) is 3.01. The molecule has 0 unspecified atom stereocenters. The van der Waals surface area contributed by atoms with Gasteiger partial charge in [-0.05, 0) is 17.7 Å². The number of hydrogen-bond donors (Lipinski definition) is 0. The Morgan fingerprint density at radius 2 is 2.36 bits per heavy atom. The Bertz CT molecular complexity index is 220. The van der Waals surface area contributed by atoms with Gasteiger partial charge in [-0.25, -0.2) is 4.79 Å². The topological polar surface area (TPSA) is 54.1 Å². The third-order valence-corrected chi connectivity index (χ3v) is 0.867. The van der Waals surface area contributed by atoms with Crippen LogP contribution in [0.5, 0.6) is 0 Å². The van der Waals surface area contributed by atoms with E-state index in [4.69, 9.17) is 11.6 Å². The predicted molar refractivity (Wildman–Crippen MR) is 43.2 cm³/mol. The van der Waals surface area contributed by atoms with Crippen molar-refractivity contribution in [2.45, 2.75) is 6.92 Å². The Balaban J connectivity index is 0.000000218. The summed E-state index contributed by atoms with van der Waals surface area (Å²) < 4.78 is 0. The molecule has 0 saturated heterocycles. The molecule has 0 amide bonds. The van der Waals surface area contributed by atoms with Gasteiger partial charge in [0, 0.05) is 0 Å². The van der Waals surface area contributed by atoms with E-state index in [1.807, 2.05) is 6.92 Å². The fourth-order valence-electron chi connectivity index (χ4n) is 0.227. The standard InChI is InChI=1S/C3H5Cl.C3HN3O/c1-2-3-4;7-2-3-1-4-6-5-3/h2-3H,1H3;1H. The molecule has 0 N–H and O–H groups in total. The highest BCUT2D eigenvalue weighted by molar-refractivity contribution is 6.25. The molecule has 4 nitrogen and oxygen atoms in total. The van der Waals surface area contributed by atoms with E-state index in [0.717, 1.165) is 0 Å². The van der Waals surface area contributed by atoms with E-state index in [2.05, 4.69) is 15.4 Å². The van der Waals surface area contributed by atoms with Gasteiger partial charge in [0.25, 0.3) is 0 Å². The smallest absolute Gasteiger partial charge is 0.191 e. The zero-order valence-electron chi connectivity index (χ0n) is 5.86. The molecule has 0 aliphatic carbocycles. The van der Waals surface area contributed by atoms with Gasteiger partial charge in [0.05, 0.1) is 6.21 Å². The van der Waals surface area contributed by atoms with Gasteiger partial charge in [0.15, 0.2) is 11.6 Å². The summed E-state index contributed by atoms with van der Waals surface area (Å²) in [6, 6.07) is 0. The average molecular weight is 172 g/mol. The van der Waals surface area contributed by atoms with Crippen molar-refractivity contribution in [3.05, 3.63) is 17.3 Å². The van der Waals surface area contributed by atoms with E-state index in [1.54, 1.807) is 6.08 Å². The SMILES string of the molecule is CC=CCl.O=C=C1C=NN=N1. The van der Waals surface area contributed by atoms with E-state index in [-0.39, 0.29) is 5.70 Å². The Labute approximate surface area is 69.0 Å². The van der Waals surface area contributed by atoms with Crippen LogP contribution in [-0.2, 0) is 4.79 Å². The first-order valence-corrected chi connectivity index (χ1v) is 3.19. The number of rotatable bonds is 0. The quantitative estimate of drug-likeness (QED) is 0.514. The van der Waals surface area contributed by atoms with Crippen LogP contribution in [0, 0.1) is 0 Å². The number of nitrogens with zero attached hydrogens (tertiary/aromatic N) is 3. The number of halogens is 1. The molecule has 1 aliphatic heterocycles. The molecule has 1 aliphatic rings. The second kappa shape index (κ2) is 6.86. The minimum atomic E-state index is 0.153. The van der Waals surface area contributed by atoms with Gasteiger partial charge < -0.3 is 0 Å². The van der Waals surface area contributed by atoms with Gasteiger partial charge in [0.2, 0.25) is 0 Å². The first-order valence-electron chi connectivity index (χ1n) is 2.75. The van der Waals surface area contributed by atoms with Crippen molar-refractivity contribution >= 4 is 23.8 Å². The van der Waals surface area contributed by atoms with Gasteiger partial charge in [0.1, 0.15) is 0 Å². The van der Waals surface area contributed by atoms with E-state index < -0.39 is 0 Å². The Morgan fingerprint density at radius 3 is 2.55 bits per heavy atom. The number of hydrogen-bond acceptors (Lipinski definition) is 4. The highest BCUT2D eigenvalue weighted by atomic mass is 35.5. The minimum Gasteiger partial charge on any atom is -0.231 e. The zero-order chi connectivity index (χ0) is 8.53. The molecular formula is C6H6ClN3O. The minimum absolute atomic E-state index is 0.153. The van der Waals surface area contributed by atoms with Crippen LogP contribution in [0.15, 0.2) is 32.7 Å². The molecule has 0 aromatic rings. The lowest BCUT2D eigenvalue weighted by Gasteiger charge is -1.61. The molecule has 0 aromatic carbocycles. The summed E-state index contributed by atoms with van der Waals surface area (Å²) in [5.74, 6) is 1.52. The largest absolute Gasteiger partial charge is 0.231 e. The molecule has 5 heteroatoms. The first kappa shape index (κ1) is 9.75. The van der Waals surface area contributed by atoms with Gasteiger partial charge in [-0.15, -0.1) is 10.2 Å². The molecule has 1 rings (SSSR count). The second-order valence-electron chi connectivity index (χ2n) is 1.38. The van der Waals surface area contributed by atoms with Gasteiger partial charge in [-0.1, -0.05) is 17.7 Å². The van der Waals surface area contributed by atoms with Crippen LogP contribution in [0.4, 0.5) is 0 Å². The summed E-state index contributed by atoms with van der Waals surface area (Å²) in [4.78, 5) is 9.60. The first-order chi connectivity index (χ1) is 5.35. The molecule has 1 heterocycles. The van der Waals surface area contributed by atoms with Crippen molar-refractivity contribution in [2.75, 3.05) is 0 Å². The van der Waals surface area contributed by atoms with Crippen molar-refractivity contribution in [3.63, 3.8) is 0 Å². The van der Waals surface area contributed by atoms with E-state index in [9.17, 15) is 4.79 Å². The lowest BCUT2D eigenvalue weighted by molar-refractivity contribution is 0.568. The maximum absolute atomic E-state index is 9.60. The summed E-state index contributed by atoms with van der Waals surface area (Å²) in [5.41, 5.74) is 1.63. The molecule has 0 fully saturated rings. The molecule has 11 heavy (non-hydrogen) atoms. The monoisotopic (exact) mass is 171 g/mol. The van der Waals surface area contributed by atoms with E-state index in [1.165, 1.54) is 17.7 Å². The van der Waals surface area contributed by atoms with Gasteiger partial charge in [-0.2, -0.15) is 0 Å². The molecule has 0 radical (unpaired) electrons. The summed E-state index contributed by atoms with van der Waals surface area (Å²) in [7, 11) is 0. The van der Waals surface area contributed by atoms with Crippen LogP contribution in [0.3, 0.4) is 0 Å². The second-order valence-corrected chi connectivity index (χ2v) is 1.63. The van der Waals surface area contributed by atoms with Crippen molar-refractivity contribution in [2.24, 2.45) is 15.4 Å². The lowest BCUT2D eigenvalue weighted by atomic mass is 10.6.